The molecule has 4 nitrogen and oxygen atoms in total. The van der Waals surface area contributed by atoms with E-state index < -0.39 is 11.8 Å². The van der Waals surface area contributed by atoms with Crippen molar-refractivity contribution in [2.75, 3.05) is 11.9 Å². The Bertz CT molecular complexity index is 903. The minimum absolute atomic E-state index is 0.0697. The van der Waals surface area contributed by atoms with Crippen LogP contribution in [0.1, 0.15) is 17.0 Å². The van der Waals surface area contributed by atoms with Gasteiger partial charge in [-0.05, 0) is 29.3 Å². The van der Waals surface area contributed by atoms with E-state index in [0.717, 1.165) is 11.1 Å². The van der Waals surface area contributed by atoms with Gasteiger partial charge in [-0.3, -0.25) is 9.59 Å². The van der Waals surface area contributed by atoms with E-state index in [4.69, 9.17) is 23.2 Å². The molecule has 3 aromatic carbocycles. The lowest BCUT2D eigenvalue weighted by Crippen LogP contribution is -2.37. The standard InChI is InChI=1S/C22H18Cl2N2O2/c23-17-11-18(24)13-19(12-17)26-22(28)21(27)25-14-20(15-7-3-1-4-8-15)16-9-5-2-6-10-16/h1-13,20H,14H2,(H,25,27)(H,26,28). The molecule has 0 aromatic heterocycles. The lowest BCUT2D eigenvalue weighted by Gasteiger charge is -2.18. The molecular formula is C22H18Cl2N2O2. The number of benzene rings is 3. The van der Waals surface area contributed by atoms with E-state index in [2.05, 4.69) is 10.6 Å². The Hall–Kier alpha value is -2.82. The molecule has 0 aliphatic carbocycles. The van der Waals surface area contributed by atoms with E-state index in [-0.39, 0.29) is 12.5 Å². The van der Waals surface area contributed by atoms with Crippen molar-refractivity contribution in [1.82, 2.24) is 5.32 Å². The Morgan fingerprint density at radius 3 is 1.75 bits per heavy atom. The lowest BCUT2D eigenvalue weighted by atomic mass is 9.91. The fraction of sp³-hybridized carbons (Fsp3) is 0.0909. The number of amides is 2. The van der Waals surface area contributed by atoms with E-state index in [1.807, 2.05) is 60.7 Å². The second-order valence-electron chi connectivity index (χ2n) is 6.20. The molecule has 6 heteroatoms. The Kier molecular flexibility index (Phi) is 6.69. The van der Waals surface area contributed by atoms with Crippen molar-refractivity contribution < 1.29 is 9.59 Å². The van der Waals surface area contributed by atoms with Gasteiger partial charge in [0, 0.05) is 28.2 Å². The number of hydrogen-bond donors (Lipinski definition) is 2. The smallest absolute Gasteiger partial charge is 0.313 e. The molecule has 3 rings (SSSR count). The normalized spacial score (nSPS) is 10.5. The van der Waals surface area contributed by atoms with Crippen molar-refractivity contribution in [2.45, 2.75) is 5.92 Å². The number of carbonyl (C=O) groups is 2. The molecule has 0 atom stereocenters. The van der Waals surface area contributed by atoms with Crippen LogP contribution in [0, 0.1) is 0 Å². The van der Waals surface area contributed by atoms with Crippen LogP contribution in [0.5, 0.6) is 0 Å². The molecule has 2 N–H and O–H groups in total. The highest BCUT2D eigenvalue weighted by Crippen LogP contribution is 2.24. The van der Waals surface area contributed by atoms with E-state index in [1.165, 1.54) is 12.1 Å². The molecule has 0 heterocycles. The summed E-state index contributed by atoms with van der Waals surface area (Å²) in [4.78, 5) is 24.5. The second-order valence-corrected chi connectivity index (χ2v) is 7.07. The minimum atomic E-state index is -0.779. The van der Waals surface area contributed by atoms with Crippen LogP contribution in [0.4, 0.5) is 5.69 Å². The fourth-order valence-electron chi connectivity index (χ4n) is 2.89. The van der Waals surface area contributed by atoms with Crippen molar-refractivity contribution in [2.24, 2.45) is 0 Å². The summed E-state index contributed by atoms with van der Waals surface area (Å²) in [6, 6.07) is 24.2. The zero-order chi connectivity index (χ0) is 19.9. The summed E-state index contributed by atoms with van der Waals surface area (Å²) in [5.74, 6) is -1.58. The van der Waals surface area contributed by atoms with Crippen LogP contribution < -0.4 is 10.6 Å². The molecule has 0 radical (unpaired) electrons. The van der Waals surface area contributed by atoms with Gasteiger partial charge in [0.1, 0.15) is 0 Å². The van der Waals surface area contributed by atoms with E-state index >= 15 is 0 Å². The third-order valence-electron chi connectivity index (χ3n) is 4.20. The maximum atomic E-state index is 12.3. The molecule has 0 aliphatic heterocycles. The third-order valence-corrected chi connectivity index (χ3v) is 4.63. The maximum absolute atomic E-state index is 12.3. The Balaban J connectivity index is 1.69. The summed E-state index contributed by atoms with van der Waals surface area (Å²) in [5, 5.41) is 5.96. The number of anilines is 1. The predicted molar refractivity (Wildman–Crippen MR) is 113 cm³/mol. The number of hydrogen-bond acceptors (Lipinski definition) is 2. The van der Waals surface area contributed by atoms with Gasteiger partial charge in [0.25, 0.3) is 0 Å². The SMILES string of the molecule is O=C(NCC(c1ccccc1)c1ccccc1)C(=O)Nc1cc(Cl)cc(Cl)c1. The molecule has 0 saturated heterocycles. The summed E-state index contributed by atoms with van der Waals surface area (Å²) in [5.41, 5.74) is 2.47. The van der Waals surface area contributed by atoms with Crippen LogP contribution in [0.2, 0.25) is 10.0 Å². The highest BCUT2D eigenvalue weighted by molar-refractivity contribution is 6.40. The zero-order valence-electron chi connectivity index (χ0n) is 14.9. The number of nitrogens with one attached hydrogen (secondary N) is 2. The lowest BCUT2D eigenvalue weighted by molar-refractivity contribution is -0.136. The molecular weight excluding hydrogens is 395 g/mol. The summed E-state index contributed by atoms with van der Waals surface area (Å²) in [6.45, 7) is 0.288. The topological polar surface area (TPSA) is 58.2 Å². The average molecular weight is 413 g/mol. The average Bonchev–Trinajstić information content (AvgIpc) is 2.69. The van der Waals surface area contributed by atoms with Crippen LogP contribution in [-0.4, -0.2) is 18.4 Å². The van der Waals surface area contributed by atoms with Gasteiger partial charge in [0.05, 0.1) is 0 Å². The van der Waals surface area contributed by atoms with Crippen molar-refractivity contribution in [3.63, 3.8) is 0 Å². The molecule has 28 heavy (non-hydrogen) atoms. The predicted octanol–water partition coefficient (Wildman–Crippen LogP) is 4.88. The van der Waals surface area contributed by atoms with E-state index in [0.29, 0.717) is 15.7 Å². The number of halogens is 2. The van der Waals surface area contributed by atoms with Gasteiger partial charge in [-0.2, -0.15) is 0 Å². The highest BCUT2D eigenvalue weighted by atomic mass is 35.5. The molecule has 2 amide bonds. The van der Waals surface area contributed by atoms with Gasteiger partial charge < -0.3 is 10.6 Å². The van der Waals surface area contributed by atoms with Gasteiger partial charge in [-0.15, -0.1) is 0 Å². The molecule has 0 aliphatic rings. The monoisotopic (exact) mass is 412 g/mol. The van der Waals surface area contributed by atoms with E-state index in [1.54, 1.807) is 6.07 Å². The van der Waals surface area contributed by atoms with Gasteiger partial charge >= 0.3 is 11.8 Å². The molecule has 142 valence electrons. The molecule has 3 aromatic rings. The van der Waals surface area contributed by atoms with E-state index in [9.17, 15) is 9.59 Å². The van der Waals surface area contributed by atoms with Crippen LogP contribution in [0.25, 0.3) is 0 Å². The van der Waals surface area contributed by atoms with Gasteiger partial charge in [-0.25, -0.2) is 0 Å². The molecule has 0 spiro atoms. The van der Waals surface area contributed by atoms with Gasteiger partial charge in [-0.1, -0.05) is 83.9 Å². The van der Waals surface area contributed by atoms with Crippen molar-refractivity contribution in [3.8, 4) is 0 Å². The largest absolute Gasteiger partial charge is 0.347 e. The number of carbonyl (C=O) groups excluding carboxylic acids is 2. The first-order valence-corrected chi connectivity index (χ1v) is 9.43. The summed E-state index contributed by atoms with van der Waals surface area (Å²) in [6.07, 6.45) is 0. The molecule has 0 unspecified atom stereocenters. The van der Waals surface area contributed by atoms with Crippen molar-refractivity contribution in [3.05, 3.63) is 100 Å². The molecule has 0 fully saturated rings. The summed E-state index contributed by atoms with van der Waals surface area (Å²) >= 11 is 11.8. The Morgan fingerprint density at radius 1 is 0.750 bits per heavy atom. The Morgan fingerprint density at radius 2 is 1.25 bits per heavy atom. The molecule has 0 saturated carbocycles. The van der Waals surface area contributed by atoms with Crippen LogP contribution in [0.15, 0.2) is 78.9 Å². The Labute approximate surface area is 173 Å². The quantitative estimate of drug-likeness (QED) is 0.586. The van der Waals surface area contributed by atoms with Crippen LogP contribution >= 0.6 is 23.2 Å². The number of rotatable bonds is 5. The second kappa shape index (κ2) is 9.40. The maximum Gasteiger partial charge on any atom is 0.313 e. The van der Waals surface area contributed by atoms with Crippen molar-refractivity contribution >= 4 is 40.7 Å². The first-order valence-electron chi connectivity index (χ1n) is 8.68. The molecule has 0 bridgehead atoms. The third kappa shape index (κ3) is 5.35. The van der Waals surface area contributed by atoms with Crippen LogP contribution in [-0.2, 0) is 9.59 Å². The fourth-order valence-corrected chi connectivity index (χ4v) is 3.41. The first-order chi connectivity index (χ1) is 13.5. The minimum Gasteiger partial charge on any atom is -0.347 e. The van der Waals surface area contributed by atoms with Gasteiger partial charge in [0.2, 0.25) is 0 Å². The summed E-state index contributed by atoms with van der Waals surface area (Å²) in [7, 11) is 0. The van der Waals surface area contributed by atoms with Crippen molar-refractivity contribution in [1.29, 1.82) is 0 Å². The van der Waals surface area contributed by atoms with Crippen LogP contribution in [0.3, 0.4) is 0 Å². The summed E-state index contributed by atoms with van der Waals surface area (Å²) < 4.78 is 0. The highest BCUT2D eigenvalue weighted by Gasteiger charge is 2.19. The zero-order valence-corrected chi connectivity index (χ0v) is 16.4. The first kappa shape index (κ1) is 19.9. The van der Waals surface area contributed by atoms with Gasteiger partial charge in [0.15, 0.2) is 0 Å².